The molecule has 72 valence electrons. The first-order valence-electron chi connectivity index (χ1n) is 4.80. The molecule has 0 aromatic rings. The molecule has 1 aliphatic heterocycles. The van der Waals surface area contributed by atoms with Crippen LogP contribution < -0.4 is 0 Å². The molecule has 1 rings (SSSR count). The predicted octanol–water partition coefficient (Wildman–Crippen LogP) is 1.45. The molecule has 0 aromatic heterocycles. The average molecular weight is 282 g/mol. The van der Waals surface area contributed by atoms with Gasteiger partial charge in [-0.1, -0.05) is 22.6 Å². The van der Waals surface area contributed by atoms with E-state index in [1.54, 1.807) is 0 Å². The summed E-state index contributed by atoms with van der Waals surface area (Å²) in [4.78, 5) is 4.99. The van der Waals surface area contributed by atoms with Crippen molar-refractivity contribution in [2.24, 2.45) is 0 Å². The Balaban J connectivity index is 1.99. The molecule has 0 amide bonds. The molecule has 1 fully saturated rings. The first-order valence-corrected chi connectivity index (χ1v) is 6.32. The summed E-state index contributed by atoms with van der Waals surface area (Å²) in [6, 6.07) is 0. The van der Waals surface area contributed by atoms with Gasteiger partial charge in [-0.05, 0) is 33.0 Å². The normalized spacial score (nSPS) is 19.2. The molecule has 0 aromatic carbocycles. The minimum Gasteiger partial charge on any atom is -0.304 e. The first kappa shape index (κ1) is 10.7. The standard InChI is InChI=1S/C9H19IN2/c1-11(7-4-10)8-9-12-5-2-3-6-12/h2-9H2,1H3. The number of hydrogen-bond acceptors (Lipinski definition) is 2. The van der Waals surface area contributed by atoms with Crippen LogP contribution in [-0.2, 0) is 0 Å². The van der Waals surface area contributed by atoms with Crippen LogP contribution in [0, 0.1) is 0 Å². The smallest absolute Gasteiger partial charge is 0.0123 e. The number of alkyl halides is 1. The summed E-state index contributed by atoms with van der Waals surface area (Å²) in [7, 11) is 2.22. The minimum absolute atomic E-state index is 1.23. The Hall–Kier alpha value is 0.650. The number of hydrogen-bond donors (Lipinski definition) is 0. The van der Waals surface area contributed by atoms with Gasteiger partial charge in [0.2, 0.25) is 0 Å². The topological polar surface area (TPSA) is 6.48 Å². The molecule has 0 spiro atoms. The monoisotopic (exact) mass is 282 g/mol. The molecule has 2 nitrogen and oxygen atoms in total. The summed E-state index contributed by atoms with van der Waals surface area (Å²) in [6.07, 6.45) is 2.83. The molecule has 0 N–H and O–H groups in total. The van der Waals surface area contributed by atoms with Crippen LogP contribution >= 0.6 is 22.6 Å². The lowest BCUT2D eigenvalue weighted by Crippen LogP contribution is -2.32. The van der Waals surface area contributed by atoms with Gasteiger partial charge in [-0.2, -0.15) is 0 Å². The van der Waals surface area contributed by atoms with Gasteiger partial charge in [0.1, 0.15) is 0 Å². The molecule has 1 aliphatic rings. The first-order chi connectivity index (χ1) is 5.83. The van der Waals surface area contributed by atoms with E-state index in [0.29, 0.717) is 0 Å². The highest BCUT2D eigenvalue weighted by atomic mass is 127. The fourth-order valence-electron chi connectivity index (χ4n) is 1.57. The van der Waals surface area contributed by atoms with E-state index in [0.717, 1.165) is 0 Å². The number of nitrogens with zero attached hydrogens (tertiary/aromatic N) is 2. The zero-order valence-corrected chi connectivity index (χ0v) is 10.1. The Labute approximate surface area is 89.4 Å². The van der Waals surface area contributed by atoms with Crippen LogP contribution in [0.1, 0.15) is 12.8 Å². The van der Waals surface area contributed by atoms with E-state index >= 15 is 0 Å². The van der Waals surface area contributed by atoms with Crippen molar-refractivity contribution in [2.45, 2.75) is 12.8 Å². The molecule has 1 saturated heterocycles. The third kappa shape index (κ3) is 4.05. The van der Waals surface area contributed by atoms with Crippen LogP contribution in [0.5, 0.6) is 0 Å². The molecule has 0 unspecified atom stereocenters. The number of rotatable bonds is 5. The van der Waals surface area contributed by atoms with Gasteiger partial charge in [0.05, 0.1) is 0 Å². The van der Waals surface area contributed by atoms with E-state index in [4.69, 9.17) is 0 Å². The lowest BCUT2D eigenvalue weighted by atomic mass is 10.4. The lowest BCUT2D eigenvalue weighted by Gasteiger charge is -2.20. The summed E-state index contributed by atoms with van der Waals surface area (Å²) in [5, 5.41) is 0. The van der Waals surface area contributed by atoms with Gasteiger partial charge in [-0.25, -0.2) is 0 Å². The van der Waals surface area contributed by atoms with Crippen molar-refractivity contribution in [3.8, 4) is 0 Å². The zero-order valence-electron chi connectivity index (χ0n) is 7.93. The lowest BCUT2D eigenvalue weighted by molar-refractivity contribution is 0.266. The van der Waals surface area contributed by atoms with Crippen molar-refractivity contribution in [2.75, 3.05) is 44.2 Å². The van der Waals surface area contributed by atoms with E-state index < -0.39 is 0 Å². The number of likely N-dealkylation sites (tertiary alicyclic amines) is 1. The summed E-state index contributed by atoms with van der Waals surface area (Å²) in [5.41, 5.74) is 0. The highest BCUT2D eigenvalue weighted by Crippen LogP contribution is 2.06. The summed E-state index contributed by atoms with van der Waals surface area (Å²) in [6.45, 7) is 6.40. The predicted molar refractivity (Wildman–Crippen MR) is 62.1 cm³/mol. The molecule has 0 aliphatic carbocycles. The molecule has 3 heteroatoms. The van der Waals surface area contributed by atoms with E-state index in [9.17, 15) is 0 Å². The Morgan fingerprint density at radius 2 is 1.92 bits per heavy atom. The molecular formula is C9H19IN2. The second kappa shape index (κ2) is 6.16. The van der Waals surface area contributed by atoms with Crippen LogP contribution in [0.4, 0.5) is 0 Å². The molecular weight excluding hydrogens is 263 g/mol. The zero-order chi connectivity index (χ0) is 8.81. The fraction of sp³-hybridized carbons (Fsp3) is 1.00. The van der Waals surface area contributed by atoms with Gasteiger partial charge < -0.3 is 9.80 Å². The van der Waals surface area contributed by atoms with Crippen molar-refractivity contribution in [3.63, 3.8) is 0 Å². The van der Waals surface area contributed by atoms with Crippen molar-refractivity contribution in [1.82, 2.24) is 9.80 Å². The summed E-state index contributed by atoms with van der Waals surface area (Å²) < 4.78 is 1.24. The van der Waals surface area contributed by atoms with E-state index in [1.165, 1.54) is 50.0 Å². The third-order valence-electron chi connectivity index (χ3n) is 2.46. The Kier molecular flexibility index (Phi) is 5.50. The Morgan fingerprint density at radius 1 is 1.25 bits per heavy atom. The van der Waals surface area contributed by atoms with Gasteiger partial charge in [-0.15, -0.1) is 0 Å². The molecule has 0 saturated carbocycles. The van der Waals surface area contributed by atoms with Crippen molar-refractivity contribution < 1.29 is 0 Å². The highest BCUT2D eigenvalue weighted by Gasteiger charge is 2.10. The van der Waals surface area contributed by atoms with E-state index in [2.05, 4.69) is 39.4 Å². The fourth-order valence-corrected chi connectivity index (χ4v) is 2.40. The molecule has 1 heterocycles. The maximum atomic E-state index is 2.57. The van der Waals surface area contributed by atoms with Crippen molar-refractivity contribution in [1.29, 1.82) is 0 Å². The molecule has 0 bridgehead atoms. The maximum absolute atomic E-state index is 2.57. The van der Waals surface area contributed by atoms with Crippen LogP contribution in [0.15, 0.2) is 0 Å². The largest absolute Gasteiger partial charge is 0.304 e. The quantitative estimate of drug-likeness (QED) is 0.556. The van der Waals surface area contributed by atoms with Crippen LogP contribution in [-0.4, -0.2) is 54.0 Å². The SMILES string of the molecule is CN(CCI)CCN1CCCC1. The molecule has 0 radical (unpaired) electrons. The van der Waals surface area contributed by atoms with Crippen LogP contribution in [0.2, 0.25) is 0 Å². The Morgan fingerprint density at radius 3 is 2.50 bits per heavy atom. The average Bonchev–Trinajstić information content (AvgIpc) is 2.53. The van der Waals surface area contributed by atoms with Gasteiger partial charge in [-0.3, -0.25) is 0 Å². The Bertz CT molecular complexity index is 113. The van der Waals surface area contributed by atoms with Crippen LogP contribution in [0.25, 0.3) is 0 Å². The second-order valence-corrected chi connectivity index (χ2v) is 4.62. The van der Waals surface area contributed by atoms with Gasteiger partial charge >= 0.3 is 0 Å². The minimum atomic E-state index is 1.23. The van der Waals surface area contributed by atoms with Crippen LogP contribution in [0.3, 0.4) is 0 Å². The highest BCUT2D eigenvalue weighted by molar-refractivity contribution is 14.1. The number of likely N-dealkylation sites (N-methyl/N-ethyl adjacent to an activating group) is 1. The second-order valence-electron chi connectivity index (χ2n) is 3.54. The summed E-state index contributed by atoms with van der Waals surface area (Å²) in [5.74, 6) is 0. The van der Waals surface area contributed by atoms with Gasteiger partial charge in [0, 0.05) is 24.1 Å². The van der Waals surface area contributed by atoms with Crippen molar-refractivity contribution >= 4 is 22.6 Å². The molecule has 12 heavy (non-hydrogen) atoms. The van der Waals surface area contributed by atoms with Crippen molar-refractivity contribution in [3.05, 3.63) is 0 Å². The maximum Gasteiger partial charge on any atom is 0.0123 e. The van der Waals surface area contributed by atoms with E-state index in [-0.39, 0.29) is 0 Å². The van der Waals surface area contributed by atoms with E-state index in [1.807, 2.05) is 0 Å². The molecule has 0 atom stereocenters. The van der Waals surface area contributed by atoms with Gasteiger partial charge in [0.25, 0.3) is 0 Å². The number of halogens is 1. The van der Waals surface area contributed by atoms with Gasteiger partial charge in [0.15, 0.2) is 0 Å². The summed E-state index contributed by atoms with van der Waals surface area (Å²) >= 11 is 2.44. The third-order valence-corrected chi connectivity index (χ3v) is 2.95.